The van der Waals surface area contributed by atoms with Gasteiger partial charge in [-0.1, -0.05) is 0 Å². The molecule has 3 aromatic rings. The quantitative estimate of drug-likeness (QED) is 0.730. The third kappa shape index (κ3) is 2.13. The summed E-state index contributed by atoms with van der Waals surface area (Å²) in [5, 5.41) is 19.6. The molecule has 0 fully saturated rings. The summed E-state index contributed by atoms with van der Waals surface area (Å²) in [6, 6.07) is 4.67. The lowest BCUT2D eigenvalue weighted by molar-refractivity contribution is 0.381. The van der Waals surface area contributed by atoms with Gasteiger partial charge in [-0.2, -0.15) is 0 Å². The van der Waals surface area contributed by atoms with Crippen molar-refractivity contribution in [3.63, 3.8) is 0 Å². The fourth-order valence-electron chi connectivity index (χ4n) is 2.60. The van der Waals surface area contributed by atoms with E-state index >= 15 is 0 Å². The highest BCUT2D eigenvalue weighted by atomic mass is 19.1. The SMILES string of the molecule is CCn1cc(Cn2cccc2)c(=O)c2cc(F)c(O)c(O)c21. The van der Waals surface area contributed by atoms with Gasteiger partial charge in [0.1, 0.15) is 0 Å². The second-order valence-electron chi connectivity index (χ2n) is 5.08. The lowest BCUT2D eigenvalue weighted by Gasteiger charge is -2.14. The molecular weight excluding hydrogens is 287 g/mol. The Bertz CT molecular complexity index is 898. The second kappa shape index (κ2) is 5.22. The molecule has 114 valence electrons. The lowest BCUT2D eigenvalue weighted by Crippen LogP contribution is -2.17. The van der Waals surface area contributed by atoms with Gasteiger partial charge < -0.3 is 19.3 Å². The van der Waals surface area contributed by atoms with Crippen LogP contribution in [0.15, 0.2) is 41.6 Å². The molecular formula is C16H15FN2O3. The van der Waals surface area contributed by atoms with Crippen molar-refractivity contribution in [1.29, 1.82) is 0 Å². The average Bonchev–Trinajstić information content (AvgIpc) is 3.01. The summed E-state index contributed by atoms with van der Waals surface area (Å²) < 4.78 is 17.1. The molecule has 0 aliphatic carbocycles. The van der Waals surface area contributed by atoms with E-state index in [-0.39, 0.29) is 16.3 Å². The predicted molar refractivity (Wildman–Crippen MR) is 80.7 cm³/mol. The summed E-state index contributed by atoms with van der Waals surface area (Å²) in [4.78, 5) is 12.6. The molecule has 22 heavy (non-hydrogen) atoms. The van der Waals surface area contributed by atoms with Crippen LogP contribution in [0, 0.1) is 5.82 Å². The van der Waals surface area contributed by atoms with Crippen LogP contribution >= 0.6 is 0 Å². The number of nitrogens with zero attached hydrogens (tertiary/aromatic N) is 2. The summed E-state index contributed by atoms with van der Waals surface area (Å²) in [5.41, 5.74) is 0.264. The molecule has 2 heterocycles. The topological polar surface area (TPSA) is 67.4 Å². The van der Waals surface area contributed by atoms with E-state index in [0.29, 0.717) is 18.7 Å². The van der Waals surface area contributed by atoms with Crippen LogP contribution in [0.5, 0.6) is 11.5 Å². The predicted octanol–water partition coefficient (Wildman–Crippen LogP) is 2.42. The number of aryl methyl sites for hydroxylation is 1. The molecule has 0 amide bonds. The normalized spacial score (nSPS) is 11.2. The maximum atomic E-state index is 13.7. The van der Waals surface area contributed by atoms with Gasteiger partial charge in [0.15, 0.2) is 22.7 Å². The first-order valence-electron chi connectivity index (χ1n) is 6.90. The molecule has 0 aliphatic heterocycles. The third-order valence-electron chi connectivity index (χ3n) is 3.70. The number of pyridine rings is 1. The van der Waals surface area contributed by atoms with Gasteiger partial charge >= 0.3 is 0 Å². The van der Waals surface area contributed by atoms with Crippen LogP contribution in [-0.4, -0.2) is 19.3 Å². The molecule has 0 spiro atoms. The molecule has 0 unspecified atom stereocenters. The van der Waals surface area contributed by atoms with Crippen LogP contribution in [-0.2, 0) is 13.1 Å². The van der Waals surface area contributed by atoms with E-state index < -0.39 is 17.3 Å². The zero-order valence-electron chi connectivity index (χ0n) is 12.0. The molecule has 6 heteroatoms. The van der Waals surface area contributed by atoms with Crippen molar-refractivity contribution in [3.05, 3.63) is 58.4 Å². The number of phenolic OH excluding ortho intramolecular Hbond substituents is 2. The fourth-order valence-corrected chi connectivity index (χ4v) is 2.60. The molecule has 0 bridgehead atoms. The molecule has 5 nitrogen and oxygen atoms in total. The maximum absolute atomic E-state index is 13.7. The minimum atomic E-state index is -1.01. The first-order chi connectivity index (χ1) is 10.5. The smallest absolute Gasteiger partial charge is 0.196 e. The molecule has 0 aliphatic rings. The largest absolute Gasteiger partial charge is 0.503 e. The van der Waals surface area contributed by atoms with Gasteiger partial charge in [-0.05, 0) is 25.1 Å². The van der Waals surface area contributed by atoms with Gasteiger partial charge in [0.2, 0.25) is 0 Å². The number of hydrogen-bond acceptors (Lipinski definition) is 3. The lowest BCUT2D eigenvalue weighted by atomic mass is 10.1. The van der Waals surface area contributed by atoms with Crippen LogP contribution in [0.4, 0.5) is 4.39 Å². The molecule has 0 saturated heterocycles. The average molecular weight is 302 g/mol. The number of benzene rings is 1. The Labute approximate surface area is 125 Å². The molecule has 3 rings (SSSR count). The number of fused-ring (bicyclic) bond motifs is 1. The Morgan fingerprint density at radius 1 is 1.18 bits per heavy atom. The Morgan fingerprint density at radius 3 is 2.50 bits per heavy atom. The molecule has 2 aromatic heterocycles. The van der Waals surface area contributed by atoms with Crippen molar-refractivity contribution in [2.75, 3.05) is 0 Å². The highest BCUT2D eigenvalue weighted by Gasteiger charge is 2.18. The number of aromatic nitrogens is 2. The van der Waals surface area contributed by atoms with Gasteiger partial charge in [-0.3, -0.25) is 4.79 Å². The minimum Gasteiger partial charge on any atom is -0.503 e. The van der Waals surface area contributed by atoms with E-state index in [4.69, 9.17) is 0 Å². The summed E-state index contributed by atoms with van der Waals surface area (Å²) in [7, 11) is 0. The van der Waals surface area contributed by atoms with E-state index in [0.717, 1.165) is 6.07 Å². The molecule has 0 radical (unpaired) electrons. The Morgan fingerprint density at radius 2 is 1.86 bits per heavy atom. The Hall–Kier alpha value is -2.76. The zero-order chi connectivity index (χ0) is 15.9. The van der Waals surface area contributed by atoms with Crippen molar-refractivity contribution in [2.45, 2.75) is 20.0 Å². The third-order valence-corrected chi connectivity index (χ3v) is 3.70. The van der Waals surface area contributed by atoms with Crippen molar-refractivity contribution in [1.82, 2.24) is 9.13 Å². The summed E-state index contributed by atoms with van der Waals surface area (Å²) in [6.07, 6.45) is 5.28. The van der Waals surface area contributed by atoms with Gasteiger partial charge in [-0.15, -0.1) is 0 Å². The first kappa shape index (κ1) is 14.2. The number of rotatable bonds is 3. The van der Waals surface area contributed by atoms with Crippen LogP contribution in [0.2, 0.25) is 0 Å². The van der Waals surface area contributed by atoms with Crippen molar-refractivity contribution in [2.24, 2.45) is 0 Å². The standard InChI is InChI=1S/C16H15FN2O3/c1-2-19-9-10(8-18-5-3-4-6-18)14(20)11-7-12(17)15(21)16(22)13(11)19/h3-7,9,21-22H,2,8H2,1H3. The van der Waals surface area contributed by atoms with Crippen molar-refractivity contribution < 1.29 is 14.6 Å². The van der Waals surface area contributed by atoms with E-state index in [1.165, 1.54) is 0 Å². The number of aromatic hydroxyl groups is 2. The number of halogens is 1. The van der Waals surface area contributed by atoms with Gasteiger partial charge in [-0.25, -0.2) is 4.39 Å². The second-order valence-corrected chi connectivity index (χ2v) is 5.08. The van der Waals surface area contributed by atoms with Crippen molar-refractivity contribution >= 4 is 10.9 Å². The maximum Gasteiger partial charge on any atom is 0.196 e. The minimum absolute atomic E-state index is 0.0549. The monoisotopic (exact) mass is 302 g/mol. The van der Waals surface area contributed by atoms with E-state index in [1.54, 1.807) is 10.8 Å². The van der Waals surface area contributed by atoms with E-state index in [1.807, 2.05) is 36.0 Å². The van der Waals surface area contributed by atoms with Crippen LogP contribution in [0.1, 0.15) is 12.5 Å². The van der Waals surface area contributed by atoms with Crippen LogP contribution in [0.25, 0.3) is 10.9 Å². The Kier molecular flexibility index (Phi) is 3.36. The zero-order valence-corrected chi connectivity index (χ0v) is 12.0. The molecule has 2 N–H and O–H groups in total. The van der Waals surface area contributed by atoms with Crippen LogP contribution in [0.3, 0.4) is 0 Å². The summed E-state index contributed by atoms with van der Waals surface area (Å²) in [6.45, 7) is 2.66. The van der Waals surface area contributed by atoms with Gasteiger partial charge in [0.25, 0.3) is 0 Å². The highest BCUT2D eigenvalue weighted by Crippen LogP contribution is 2.35. The highest BCUT2D eigenvalue weighted by molar-refractivity contribution is 5.87. The molecule has 0 atom stereocenters. The van der Waals surface area contributed by atoms with Crippen molar-refractivity contribution in [3.8, 4) is 11.5 Å². The van der Waals surface area contributed by atoms with E-state index in [2.05, 4.69) is 0 Å². The van der Waals surface area contributed by atoms with Gasteiger partial charge in [0, 0.05) is 30.7 Å². The van der Waals surface area contributed by atoms with Crippen LogP contribution < -0.4 is 5.43 Å². The molecule has 0 saturated carbocycles. The first-order valence-corrected chi connectivity index (χ1v) is 6.90. The van der Waals surface area contributed by atoms with Gasteiger partial charge in [0.05, 0.1) is 17.4 Å². The summed E-state index contributed by atoms with van der Waals surface area (Å²) in [5.74, 6) is -2.46. The fraction of sp³-hybridized carbons (Fsp3) is 0.188. The summed E-state index contributed by atoms with van der Waals surface area (Å²) >= 11 is 0. The Balaban J connectivity index is 2.31. The number of hydrogen-bond donors (Lipinski definition) is 2. The van der Waals surface area contributed by atoms with E-state index in [9.17, 15) is 19.4 Å². The molecule has 1 aromatic carbocycles. The number of phenols is 2.